The van der Waals surface area contributed by atoms with Crippen LogP contribution in [0.1, 0.15) is 16.1 Å². The van der Waals surface area contributed by atoms with Crippen LogP contribution in [0.15, 0.2) is 29.6 Å². The molecule has 0 aliphatic carbocycles. The van der Waals surface area contributed by atoms with E-state index in [1.165, 1.54) is 0 Å². The zero-order chi connectivity index (χ0) is 15.9. The molecule has 2 N–H and O–H groups in total. The van der Waals surface area contributed by atoms with E-state index in [0.717, 1.165) is 10.6 Å². The van der Waals surface area contributed by atoms with Crippen LogP contribution in [0.25, 0.3) is 10.6 Å². The maximum absolute atomic E-state index is 12.0. The second kappa shape index (κ2) is 7.67. The number of ether oxygens (including phenoxy) is 1. The van der Waals surface area contributed by atoms with Gasteiger partial charge in [0, 0.05) is 6.54 Å². The van der Waals surface area contributed by atoms with Crippen LogP contribution in [0.4, 0.5) is 0 Å². The molecule has 22 heavy (non-hydrogen) atoms. The van der Waals surface area contributed by atoms with E-state index in [2.05, 4.69) is 10.3 Å². The molecule has 2 heterocycles. The summed E-state index contributed by atoms with van der Waals surface area (Å²) >= 11 is 1.59. The summed E-state index contributed by atoms with van der Waals surface area (Å²) in [6.45, 7) is 1.81. The number of carboxylic acid groups (broad SMARTS) is 1. The first-order valence-corrected chi connectivity index (χ1v) is 7.55. The molecule has 6 nitrogen and oxygen atoms in total. The van der Waals surface area contributed by atoms with Gasteiger partial charge in [-0.15, -0.1) is 11.3 Å². The third-order valence-electron chi connectivity index (χ3n) is 2.86. The summed E-state index contributed by atoms with van der Waals surface area (Å²) in [6, 6.07) is 7.49. The van der Waals surface area contributed by atoms with Gasteiger partial charge in [-0.05, 0) is 30.5 Å². The van der Waals surface area contributed by atoms with E-state index < -0.39 is 5.97 Å². The van der Waals surface area contributed by atoms with Gasteiger partial charge < -0.3 is 15.2 Å². The Bertz CT molecular complexity index is 656. The van der Waals surface area contributed by atoms with Crippen LogP contribution in [0, 0.1) is 6.92 Å². The lowest BCUT2D eigenvalue weighted by Gasteiger charge is -2.08. The van der Waals surface area contributed by atoms with Gasteiger partial charge in [0.25, 0.3) is 5.91 Å². The van der Waals surface area contributed by atoms with E-state index in [9.17, 15) is 9.59 Å². The van der Waals surface area contributed by atoms with Crippen LogP contribution in [-0.2, 0) is 9.53 Å². The van der Waals surface area contributed by atoms with Gasteiger partial charge in [-0.2, -0.15) is 0 Å². The number of amides is 1. The van der Waals surface area contributed by atoms with E-state index in [4.69, 9.17) is 9.84 Å². The molecule has 0 aromatic carbocycles. The van der Waals surface area contributed by atoms with Crippen LogP contribution in [0.5, 0.6) is 0 Å². The molecule has 0 radical (unpaired) electrons. The number of nitrogens with zero attached hydrogens (tertiary/aromatic N) is 1. The second-order valence-corrected chi connectivity index (χ2v) is 5.46. The predicted molar refractivity (Wildman–Crippen MR) is 83.1 cm³/mol. The fourth-order valence-corrected chi connectivity index (χ4v) is 2.55. The second-order valence-electron chi connectivity index (χ2n) is 4.51. The number of aryl methyl sites for hydroxylation is 1. The lowest BCUT2D eigenvalue weighted by Crippen LogP contribution is -2.28. The first-order chi connectivity index (χ1) is 10.6. The molecule has 0 fully saturated rings. The van der Waals surface area contributed by atoms with E-state index in [1.54, 1.807) is 24.3 Å². The molecule has 2 aromatic heterocycles. The summed E-state index contributed by atoms with van der Waals surface area (Å²) in [5.41, 5.74) is 1.99. The summed E-state index contributed by atoms with van der Waals surface area (Å²) in [5, 5.41) is 13.1. The van der Waals surface area contributed by atoms with E-state index in [-0.39, 0.29) is 25.7 Å². The van der Waals surface area contributed by atoms with Gasteiger partial charge in [0.2, 0.25) is 0 Å². The molecule has 7 heteroatoms. The van der Waals surface area contributed by atoms with Crippen molar-refractivity contribution in [2.45, 2.75) is 6.92 Å². The number of aliphatic carboxylic acids is 1. The van der Waals surface area contributed by atoms with Gasteiger partial charge in [0.1, 0.15) is 6.61 Å². The molecule has 0 aliphatic heterocycles. The number of rotatable bonds is 7. The topological polar surface area (TPSA) is 88.5 Å². The number of nitrogens with one attached hydrogen (secondary N) is 1. The van der Waals surface area contributed by atoms with Gasteiger partial charge in [-0.3, -0.25) is 9.78 Å². The first-order valence-electron chi connectivity index (χ1n) is 6.67. The summed E-state index contributed by atoms with van der Waals surface area (Å²) in [5.74, 6) is -1.28. The number of thiophene rings is 1. The highest BCUT2D eigenvalue weighted by Gasteiger charge is 2.11. The highest BCUT2D eigenvalue weighted by Crippen LogP contribution is 2.23. The van der Waals surface area contributed by atoms with Crippen molar-refractivity contribution in [3.63, 3.8) is 0 Å². The maximum atomic E-state index is 12.0. The Kier molecular flexibility index (Phi) is 5.62. The molecule has 0 aliphatic rings. The van der Waals surface area contributed by atoms with Crippen molar-refractivity contribution in [1.82, 2.24) is 10.3 Å². The number of hydrogen-bond donors (Lipinski definition) is 2. The molecular weight excluding hydrogens is 304 g/mol. The van der Waals surface area contributed by atoms with E-state index in [0.29, 0.717) is 11.3 Å². The normalized spacial score (nSPS) is 10.4. The quantitative estimate of drug-likeness (QED) is 0.761. The lowest BCUT2D eigenvalue weighted by atomic mass is 10.1. The van der Waals surface area contributed by atoms with E-state index >= 15 is 0 Å². The van der Waals surface area contributed by atoms with Gasteiger partial charge in [0.05, 0.1) is 28.4 Å². The van der Waals surface area contributed by atoms with Crippen LogP contribution >= 0.6 is 11.3 Å². The standard InChI is InChI=1S/C15H16N2O4S/c1-10-11(15(20)16-6-7-21-9-14(18)19)4-5-12(17-10)13-3-2-8-22-13/h2-5,8H,6-7,9H2,1H3,(H,16,20)(H,18,19). The minimum Gasteiger partial charge on any atom is -0.480 e. The summed E-state index contributed by atoms with van der Waals surface area (Å²) < 4.78 is 4.85. The van der Waals surface area contributed by atoms with Crippen molar-refractivity contribution >= 4 is 23.2 Å². The third-order valence-corrected chi connectivity index (χ3v) is 3.75. The number of aromatic nitrogens is 1. The largest absolute Gasteiger partial charge is 0.480 e. The molecule has 0 spiro atoms. The van der Waals surface area contributed by atoms with Crippen molar-refractivity contribution in [2.24, 2.45) is 0 Å². The van der Waals surface area contributed by atoms with Crippen LogP contribution in [-0.4, -0.2) is 41.7 Å². The summed E-state index contributed by atoms with van der Waals surface area (Å²) in [4.78, 5) is 27.8. The highest BCUT2D eigenvalue weighted by atomic mass is 32.1. The Morgan fingerprint density at radius 3 is 2.82 bits per heavy atom. The Labute approximate surface area is 131 Å². The van der Waals surface area contributed by atoms with Crippen molar-refractivity contribution in [3.8, 4) is 10.6 Å². The minimum atomic E-state index is -1.03. The monoisotopic (exact) mass is 320 g/mol. The summed E-state index contributed by atoms with van der Waals surface area (Å²) in [7, 11) is 0. The number of carboxylic acids is 1. The fraction of sp³-hybridized carbons (Fsp3) is 0.267. The number of hydrogen-bond acceptors (Lipinski definition) is 5. The zero-order valence-electron chi connectivity index (χ0n) is 12.0. The van der Waals surface area contributed by atoms with Crippen molar-refractivity contribution in [1.29, 1.82) is 0 Å². The van der Waals surface area contributed by atoms with Crippen LogP contribution < -0.4 is 5.32 Å². The molecule has 0 saturated heterocycles. The minimum absolute atomic E-state index is 0.151. The molecular formula is C15H16N2O4S. The Balaban J connectivity index is 1.91. The van der Waals surface area contributed by atoms with Gasteiger partial charge in [0.15, 0.2) is 0 Å². The van der Waals surface area contributed by atoms with Crippen LogP contribution in [0.3, 0.4) is 0 Å². The maximum Gasteiger partial charge on any atom is 0.329 e. The predicted octanol–water partition coefficient (Wildman–Crippen LogP) is 1.95. The van der Waals surface area contributed by atoms with Gasteiger partial charge >= 0.3 is 5.97 Å². The number of carbonyl (C=O) groups is 2. The van der Waals surface area contributed by atoms with Crippen molar-refractivity contribution < 1.29 is 19.4 Å². The van der Waals surface area contributed by atoms with E-state index in [1.807, 2.05) is 23.6 Å². The average Bonchev–Trinajstić information content (AvgIpc) is 3.00. The van der Waals surface area contributed by atoms with Gasteiger partial charge in [-0.1, -0.05) is 6.07 Å². The Hall–Kier alpha value is -2.25. The van der Waals surface area contributed by atoms with Gasteiger partial charge in [-0.25, -0.2) is 4.79 Å². The molecule has 0 saturated carbocycles. The SMILES string of the molecule is Cc1nc(-c2cccs2)ccc1C(=O)NCCOCC(=O)O. The Morgan fingerprint density at radius 2 is 2.18 bits per heavy atom. The fourth-order valence-electron chi connectivity index (χ4n) is 1.85. The average molecular weight is 320 g/mol. The zero-order valence-corrected chi connectivity index (χ0v) is 12.9. The first kappa shape index (κ1) is 16.1. The molecule has 0 unspecified atom stereocenters. The number of carbonyl (C=O) groups excluding carboxylic acids is 1. The molecule has 2 rings (SSSR count). The smallest absolute Gasteiger partial charge is 0.329 e. The van der Waals surface area contributed by atoms with Crippen molar-refractivity contribution in [3.05, 3.63) is 40.9 Å². The molecule has 116 valence electrons. The molecule has 2 aromatic rings. The molecule has 0 atom stereocenters. The van der Waals surface area contributed by atoms with Crippen molar-refractivity contribution in [2.75, 3.05) is 19.8 Å². The molecule has 1 amide bonds. The summed E-state index contributed by atoms with van der Waals surface area (Å²) in [6.07, 6.45) is 0. The Morgan fingerprint density at radius 1 is 1.36 bits per heavy atom. The molecule has 0 bridgehead atoms. The lowest BCUT2D eigenvalue weighted by molar-refractivity contribution is -0.142. The number of pyridine rings is 1. The van der Waals surface area contributed by atoms with Crippen LogP contribution in [0.2, 0.25) is 0 Å². The highest BCUT2D eigenvalue weighted by molar-refractivity contribution is 7.13. The third kappa shape index (κ3) is 4.37.